The standard InChI is InChI=1S/C15H24O5/c1-9-4-5-11-12-10(9)6-7-18-14(12)20-15(2,16)13(11)19-8-17-3/h4,10-14,16H,5-8H2,1-3H3/t10-,11-,12+,13-,14-,15+/m0/s1. The van der Waals surface area contributed by atoms with Crippen LogP contribution in [0.5, 0.6) is 0 Å². The molecule has 0 saturated carbocycles. The third-order valence-corrected chi connectivity index (χ3v) is 4.92. The van der Waals surface area contributed by atoms with Gasteiger partial charge in [-0.05, 0) is 32.6 Å². The molecule has 2 fully saturated rings. The highest BCUT2D eigenvalue weighted by Gasteiger charge is 2.56. The minimum absolute atomic E-state index is 0.159. The Labute approximate surface area is 119 Å². The van der Waals surface area contributed by atoms with Crippen molar-refractivity contribution < 1.29 is 24.1 Å². The summed E-state index contributed by atoms with van der Waals surface area (Å²) in [7, 11) is 1.58. The second-order valence-electron chi connectivity index (χ2n) is 6.23. The Balaban J connectivity index is 1.89. The van der Waals surface area contributed by atoms with Crippen LogP contribution in [-0.2, 0) is 18.9 Å². The van der Waals surface area contributed by atoms with Crippen LogP contribution in [0.2, 0.25) is 0 Å². The van der Waals surface area contributed by atoms with Gasteiger partial charge in [-0.2, -0.15) is 0 Å². The van der Waals surface area contributed by atoms with Gasteiger partial charge in [0.05, 0.1) is 6.61 Å². The average Bonchev–Trinajstić information content (AvgIpc) is 2.40. The Hall–Kier alpha value is -0.460. The number of hydrogen-bond donors (Lipinski definition) is 1. The highest BCUT2D eigenvalue weighted by molar-refractivity contribution is 5.15. The Morgan fingerprint density at radius 3 is 3.05 bits per heavy atom. The number of ether oxygens (including phenoxy) is 4. The summed E-state index contributed by atoms with van der Waals surface area (Å²) < 4.78 is 22.3. The number of hydrogen-bond acceptors (Lipinski definition) is 5. The van der Waals surface area contributed by atoms with Gasteiger partial charge in [0.2, 0.25) is 0 Å². The normalized spacial score (nSPS) is 47.6. The van der Waals surface area contributed by atoms with Gasteiger partial charge in [0, 0.05) is 18.9 Å². The first-order chi connectivity index (χ1) is 9.54. The maximum absolute atomic E-state index is 10.6. The molecule has 2 aliphatic heterocycles. The Morgan fingerprint density at radius 1 is 1.50 bits per heavy atom. The van der Waals surface area contributed by atoms with Crippen molar-refractivity contribution in [2.75, 3.05) is 20.5 Å². The fourth-order valence-corrected chi connectivity index (χ4v) is 4.02. The summed E-state index contributed by atoms with van der Waals surface area (Å²) in [6, 6.07) is 0. The Bertz CT molecular complexity index is 392. The molecule has 0 aromatic rings. The second kappa shape index (κ2) is 5.39. The van der Waals surface area contributed by atoms with E-state index >= 15 is 0 Å². The lowest BCUT2D eigenvalue weighted by molar-refractivity contribution is -0.393. The number of aliphatic hydroxyl groups is 1. The van der Waals surface area contributed by atoms with Crippen LogP contribution < -0.4 is 0 Å². The van der Waals surface area contributed by atoms with E-state index in [9.17, 15) is 5.11 Å². The third-order valence-electron chi connectivity index (χ3n) is 4.92. The fraction of sp³-hybridized carbons (Fsp3) is 0.867. The zero-order valence-corrected chi connectivity index (χ0v) is 12.4. The summed E-state index contributed by atoms with van der Waals surface area (Å²) in [5.41, 5.74) is 1.41. The molecule has 0 aromatic heterocycles. The van der Waals surface area contributed by atoms with E-state index in [2.05, 4.69) is 13.0 Å². The van der Waals surface area contributed by atoms with Crippen LogP contribution in [0.15, 0.2) is 11.6 Å². The molecule has 5 nitrogen and oxygen atoms in total. The molecule has 6 atom stereocenters. The first-order valence-electron chi connectivity index (χ1n) is 7.33. The quantitative estimate of drug-likeness (QED) is 0.631. The van der Waals surface area contributed by atoms with Gasteiger partial charge in [-0.1, -0.05) is 11.6 Å². The Kier molecular flexibility index (Phi) is 3.90. The van der Waals surface area contributed by atoms with Crippen molar-refractivity contribution in [3.63, 3.8) is 0 Å². The van der Waals surface area contributed by atoms with Crippen molar-refractivity contribution in [3.8, 4) is 0 Å². The first kappa shape index (κ1) is 14.5. The molecule has 5 heteroatoms. The van der Waals surface area contributed by atoms with Crippen LogP contribution in [0.4, 0.5) is 0 Å². The van der Waals surface area contributed by atoms with E-state index in [1.807, 2.05) is 0 Å². The predicted octanol–water partition coefficient (Wildman–Crippen LogP) is 1.66. The van der Waals surface area contributed by atoms with E-state index in [0.717, 1.165) is 12.8 Å². The van der Waals surface area contributed by atoms with E-state index in [0.29, 0.717) is 12.5 Å². The van der Waals surface area contributed by atoms with Gasteiger partial charge >= 0.3 is 0 Å². The van der Waals surface area contributed by atoms with E-state index in [4.69, 9.17) is 18.9 Å². The molecule has 0 radical (unpaired) electrons. The van der Waals surface area contributed by atoms with Gasteiger partial charge in [0.15, 0.2) is 12.1 Å². The van der Waals surface area contributed by atoms with Gasteiger partial charge in [-0.3, -0.25) is 0 Å². The summed E-state index contributed by atoms with van der Waals surface area (Å²) in [6.45, 7) is 4.68. The molecular formula is C15H24O5. The van der Waals surface area contributed by atoms with Gasteiger partial charge < -0.3 is 24.1 Å². The SMILES string of the molecule is COCO[C@H]1[C@H]2CC=C(C)[C@@H]3CCO[C@@H](O[C@@]1(C)O)[C@@H]23. The summed E-state index contributed by atoms with van der Waals surface area (Å²) in [6.07, 6.45) is 3.46. The molecule has 0 unspecified atom stereocenters. The second-order valence-corrected chi connectivity index (χ2v) is 6.23. The van der Waals surface area contributed by atoms with Gasteiger partial charge in [0.25, 0.3) is 0 Å². The highest BCUT2D eigenvalue weighted by Crippen LogP contribution is 2.50. The van der Waals surface area contributed by atoms with Crippen LogP contribution in [0.1, 0.15) is 26.7 Å². The van der Waals surface area contributed by atoms with Crippen molar-refractivity contribution in [1.82, 2.24) is 0 Å². The van der Waals surface area contributed by atoms with Crippen LogP contribution >= 0.6 is 0 Å². The van der Waals surface area contributed by atoms with E-state index in [1.165, 1.54) is 5.57 Å². The summed E-state index contributed by atoms with van der Waals surface area (Å²) in [5, 5.41) is 10.6. The van der Waals surface area contributed by atoms with Crippen LogP contribution in [0, 0.1) is 17.8 Å². The largest absolute Gasteiger partial charge is 0.364 e. The van der Waals surface area contributed by atoms with Crippen molar-refractivity contribution in [2.45, 2.75) is 44.9 Å². The zero-order valence-electron chi connectivity index (χ0n) is 12.4. The van der Waals surface area contributed by atoms with E-state index < -0.39 is 11.9 Å². The molecule has 0 spiro atoms. The molecular weight excluding hydrogens is 260 g/mol. The topological polar surface area (TPSA) is 57.2 Å². The van der Waals surface area contributed by atoms with Gasteiger partial charge in [0.1, 0.15) is 12.9 Å². The smallest absolute Gasteiger partial charge is 0.192 e. The maximum atomic E-state index is 10.6. The lowest BCUT2D eigenvalue weighted by Crippen LogP contribution is -2.63. The zero-order chi connectivity index (χ0) is 14.3. The molecule has 0 amide bonds. The molecule has 3 rings (SSSR count). The summed E-state index contributed by atoms with van der Waals surface area (Å²) >= 11 is 0. The van der Waals surface area contributed by atoms with Crippen LogP contribution in [-0.4, -0.2) is 43.8 Å². The van der Waals surface area contributed by atoms with Crippen molar-refractivity contribution >= 4 is 0 Å². The van der Waals surface area contributed by atoms with Crippen LogP contribution in [0.25, 0.3) is 0 Å². The minimum atomic E-state index is -1.34. The van der Waals surface area contributed by atoms with Gasteiger partial charge in [-0.25, -0.2) is 0 Å². The number of rotatable bonds is 3. The van der Waals surface area contributed by atoms with Crippen molar-refractivity contribution in [1.29, 1.82) is 0 Å². The maximum Gasteiger partial charge on any atom is 0.192 e. The monoisotopic (exact) mass is 284 g/mol. The average molecular weight is 284 g/mol. The molecule has 1 N–H and O–H groups in total. The molecule has 0 aromatic carbocycles. The third kappa shape index (κ3) is 2.31. The first-order valence-corrected chi connectivity index (χ1v) is 7.33. The Morgan fingerprint density at radius 2 is 2.30 bits per heavy atom. The molecule has 3 aliphatic rings. The molecule has 114 valence electrons. The number of allylic oxidation sites excluding steroid dienone is 2. The molecule has 20 heavy (non-hydrogen) atoms. The molecule has 1 aliphatic carbocycles. The van der Waals surface area contributed by atoms with E-state index in [-0.39, 0.29) is 24.9 Å². The van der Waals surface area contributed by atoms with Gasteiger partial charge in [-0.15, -0.1) is 0 Å². The summed E-state index contributed by atoms with van der Waals surface area (Å²) in [4.78, 5) is 0. The van der Waals surface area contributed by atoms with E-state index in [1.54, 1.807) is 14.0 Å². The predicted molar refractivity (Wildman–Crippen MR) is 71.7 cm³/mol. The number of methoxy groups -OCH3 is 1. The lowest BCUT2D eigenvalue weighted by Gasteiger charge is -2.55. The summed E-state index contributed by atoms with van der Waals surface area (Å²) in [5.74, 6) is -0.410. The molecule has 2 heterocycles. The fourth-order valence-electron chi connectivity index (χ4n) is 4.02. The highest BCUT2D eigenvalue weighted by atomic mass is 16.8. The minimum Gasteiger partial charge on any atom is -0.364 e. The van der Waals surface area contributed by atoms with Crippen molar-refractivity contribution in [2.24, 2.45) is 17.8 Å². The van der Waals surface area contributed by atoms with Crippen molar-refractivity contribution in [3.05, 3.63) is 11.6 Å². The lowest BCUT2D eigenvalue weighted by atomic mass is 9.65. The molecule has 2 saturated heterocycles. The van der Waals surface area contributed by atoms with Crippen LogP contribution in [0.3, 0.4) is 0 Å². The molecule has 0 bridgehead atoms.